The van der Waals surface area contributed by atoms with Crippen molar-refractivity contribution >= 4 is 77.4 Å². The van der Waals surface area contributed by atoms with E-state index in [0.29, 0.717) is 44.9 Å². The Morgan fingerprint density at radius 2 is 0.722 bits per heavy atom. The van der Waals surface area contributed by atoms with Crippen molar-refractivity contribution in [3.63, 3.8) is 0 Å². The van der Waals surface area contributed by atoms with Crippen LogP contribution in [0.15, 0.2) is 0 Å². The zero-order chi connectivity index (χ0) is 93.4. The van der Waals surface area contributed by atoms with E-state index in [0.717, 1.165) is 171 Å². The zero-order valence-corrected chi connectivity index (χ0v) is 74.8. The quantitative estimate of drug-likeness (QED) is 0.0254. The highest BCUT2D eigenvalue weighted by molar-refractivity contribution is 5.83. The van der Waals surface area contributed by atoms with Crippen LogP contribution in [0.4, 0.5) is 0 Å². The van der Waals surface area contributed by atoms with E-state index in [4.69, 9.17) is 99.8 Å². The Balaban J connectivity index is 1.35. The second-order valence-electron chi connectivity index (χ2n) is 32.5. The Labute approximate surface area is 734 Å². The van der Waals surface area contributed by atoms with Gasteiger partial charge >= 0.3 is 65.7 Å². The van der Waals surface area contributed by atoms with Crippen LogP contribution in [0.2, 0.25) is 0 Å². The lowest BCUT2D eigenvalue weighted by Crippen LogP contribution is -2.68. The summed E-state index contributed by atoms with van der Waals surface area (Å²) in [6.45, 7) is 9.01. The number of likely N-dealkylation sites (N-methyl/N-ethyl adjacent to an activating group) is 1. The predicted octanol–water partition coefficient (Wildman–Crippen LogP) is 4.23. The van der Waals surface area contributed by atoms with E-state index < -0.39 is 264 Å². The number of carbonyl (C=O) groups is 13. The molecule has 0 aromatic carbocycles. The number of carboxylic acid groups (broad SMARTS) is 1. The average molecular weight is 1810 g/mol. The van der Waals surface area contributed by atoms with Crippen LogP contribution >= 0.6 is 0 Å². The number of ketones is 1. The van der Waals surface area contributed by atoms with Gasteiger partial charge in [0, 0.05) is 95.5 Å². The Morgan fingerprint density at radius 3 is 1.13 bits per heavy atom. The molecule has 5 fully saturated rings. The summed E-state index contributed by atoms with van der Waals surface area (Å²) in [6, 6.07) is -0.836. The summed E-state index contributed by atoms with van der Waals surface area (Å²) in [4.78, 5) is 165. The molecule has 0 radical (unpaired) electrons. The standard InChI is InChI=1S/C85H137NO40/c1-14-15-38-60(59(111-50(6)91)39-34-30-26-23-22-25-29-33-37-57(98)36-32-28-24-20-18-16-17-19-21-27-31-35-40-65(100)86(13)46(2)80(105)106)118-81-68(103)67(102)71(62(120-81)43-107-47(3)88)124-83-77(126-85-79(117-56(12)97)76(115-54(10)95)73(113-52(8)93)64(122-85)45-109-49(5)90)70(58(99)42-110-83)123-82-69(104)74(66(101)61(41-87)119-82)125-84-78(116-55(11)96)75(114-53(9)94)72(112-51(7)92)63(121-84)44-108-48(4)89/h46,58-64,66-79,81-85,87,99,101-104H,14-45H2,1-13H3,(H,105,106)/t46?,58-,59+,60+,61-,62+,63-,64+,66+,67+,68+,69-,70+,71+,72-,73+,74+,75+,76-,77-,78-,79+,81+,82+,83+,84+,85-/m1/s1. The first-order valence-electron chi connectivity index (χ1n) is 43.9. The van der Waals surface area contributed by atoms with Crippen molar-refractivity contribution in [2.75, 3.05) is 40.1 Å². The van der Waals surface area contributed by atoms with Gasteiger partial charge in [0.2, 0.25) is 5.91 Å². The van der Waals surface area contributed by atoms with Gasteiger partial charge in [-0.05, 0) is 45.4 Å². The molecule has 41 nitrogen and oxygen atoms in total. The minimum Gasteiger partial charge on any atom is -0.480 e. The smallest absolute Gasteiger partial charge is 0.326 e. The van der Waals surface area contributed by atoms with Crippen LogP contribution in [0.3, 0.4) is 0 Å². The van der Waals surface area contributed by atoms with Gasteiger partial charge in [-0.25, -0.2) is 4.79 Å². The Bertz CT molecular complexity index is 3380. The van der Waals surface area contributed by atoms with Crippen molar-refractivity contribution in [1.29, 1.82) is 0 Å². The minimum atomic E-state index is -2.40. The highest BCUT2D eigenvalue weighted by Gasteiger charge is 2.60. The lowest BCUT2D eigenvalue weighted by molar-refractivity contribution is -0.402. The molecule has 7 N–H and O–H groups in total. The van der Waals surface area contributed by atoms with Crippen molar-refractivity contribution < 1.29 is 193 Å². The number of carboxylic acids is 1. The van der Waals surface area contributed by atoms with E-state index in [1.807, 2.05) is 6.92 Å². The molecule has 126 heavy (non-hydrogen) atoms. The number of aliphatic hydroxyl groups is 6. The zero-order valence-electron chi connectivity index (χ0n) is 74.8. The number of carbonyl (C=O) groups excluding carboxylic acids is 12. The fourth-order valence-electron chi connectivity index (χ4n) is 15.5. The monoisotopic (exact) mass is 1810 g/mol. The third-order valence-corrected chi connectivity index (χ3v) is 21.9. The summed E-state index contributed by atoms with van der Waals surface area (Å²) in [5.41, 5.74) is 0. The number of nitrogens with zero attached hydrogens (tertiary/aromatic N) is 1. The molecule has 5 aliphatic heterocycles. The van der Waals surface area contributed by atoms with E-state index in [1.165, 1.54) is 38.6 Å². The molecule has 41 heteroatoms. The molecule has 5 heterocycles. The maximum Gasteiger partial charge on any atom is 0.326 e. The predicted molar refractivity (Wildman–Crippen MR) is 430 cm³/mol. The van der Waals surface area contributed by atoms with Crippen molar-refractivity contribution in [3.8, 4) is 0 Å². The fraction of sp³-hybridized carbons (Fsp3) is 0.847. The van der Waals surface area contributed by atoms with Crippen LogP contribution in [-0.2, 0) is 157 Å². The molecule has 0 aromatic heterocycles. The Kier molecular flexibility index (Phi) is 49.4. The first-order chi connectivity index (χ1) is 59.8. The van der Waals surface area contributed by atoms with Crippen molar-refractivity contribution in [2.24, 2.45) is 0 Å². The number of Topliss-reactive ketones (excluding diaryl/α,β-unsaturated/α-hetero) is 1. The second-order valence-corrected chi connectivity index (χ2v) is 32.5. The number of ether oxygens (including phenoxy) is 20. The van der Waals surface area contributed by atoms with E-state index in [2.05, 4.69) is 0 Å². The van der Waals surface area contributed by atoms with Crippen LogP contribution in [0, 0.1) is 0 Å². The van der Waals surface area contributed by atoms with Gasteiger partial charge in [-0.1, -0.05) is 122 Å². The van der Waals surface area contributed by atoms with Gasteiger partial charge in [0.1, 0.15) is 117 Å². The van der Waals surface area contributed by atoms with Crippen LogP contribution in [-0.4, -0.2) is 324 Å². The Morgan fingerprint density at radius 1 is 0.357 bits per heavy atom. The number of unbranched alkanes of at least 4 members (excludes halogenated alkanes) is 19. The number of amides is 1. The van der Waals surface area contributed by atoms with Crippen LogP contribution in [0.5, 0.6) is 0 Å². The Hall–Kier alpha value is -7.33. The van der Waals surface area contributed by atoms with Gasteiger partial charge in [0.05, 0.1) is 19.3 Å². The second kappa shape index (κ2) is 57.0. The molecule has 0 aliphatic carbocycles. The van der Waals surface area contributed by atoms with Crippen molar-refractivity contribution in [2.45, 2.75) is 422 Å². The third kappa shape index (κ3) is 37.3. The van der Waals surface area contributed by atoms with Gasteiger partial charge in [-0.3, -0.25) is 57.5 Å². The first-order valence-corrected chi connectivity index (χ1v) is 43.9. The third-order valence-electron chi connectivity index (χ3n) is 21.9. The molecular weight excluding hydrogens is 1670 g/mol. The fourth-order valence-corrected chi connectivity index (χ4v) is 15.5. The topological polar surface area (TPSA) is 551 Å². The summed E-state index contributed by atoms with van der Waals surface area (Å²) in [6.07, 6.45) is -27.6. The minimum absolute atomic E-state index is 0.145. The largest absolute Gasteiger partial charge is 0.480 e. The van der Waals surface area contributed by atoms with E-state index in [1.54, 1.807) is 0 Å². The summed E-state index contributed by atoms with van der Waals surface area (Å²) in [5.74, 6) is -10.5. The summed E-state index contributed by atoms with van der Waals surface area (Å²) >= 11 is 0. The first kappa shape index (κ1) is 109. The van der Waals surface area contributed by atoms with Gasteiger partial charge in [0.15, 0.2) is 68.1 Å². The number of esters is 10. The number of hydrogen-bond donors (Lipinski definition) is 7. The molecule has 1 unspecified atom stereocenters. The molecule has 5 aliphatic rings. The number of hydrogen-bond acceptors (Lipinski definition) is 39. The van der Waals surface area contributed by atoms with Crippen molar-refractivity contribution in [1.82, 2.24) is 4.90 Å². The van der Waals surface area contributed by atoms with Crippen LogP contribution in [0.25, 0.3) is 0 Å². The van der Waals surface area contributed by atoms with Gasteiger partial charge in [0.25, 0.3) is 0 Å². The van der Waals surface area contributed by atoms with Crippen LogP contribution < -0.4 is 0 Å². The molecule has 5 saturated heterocycles. The molecule has 0 spiro atoms. The molecule has 5 rings (SSSR count). The van der Waals surface area contributed by atoms with Crippen LogP contribution in [0.1, 0.15) is 256 Å². The summed E-state index contributed by atoms with van der Waals surface area (Å²) in [7, 11) is 1.53. The molecule has 0 aromatic rings. The molecule has 1 amide bonds. The van der Waals surface area contributed by atoms with Crippen molar-refractivity contribution in [3.05, 3.63) is 0 Å². The molecule has 0 saturated carbocycles. The number of aliphatic carboxylic acids is 1. The van der Waals surface area contributed by atoms with E-state index >= 15 is 0 Å². The number of rotatable bonds is 56. The molecule has 722 valence electrons. The maximum atomic E-state index is 13.2. The maximum absolute atomic E-state index is 13.2. The summed E-state index contributed by atoms with van der Waals surface area (Å²) in [5, 5.41) is 81.5. The van der Waals surface area contributed by atoms with E-state index in [-0.39, 0.29) is 18.1 Å². The lowest BCUT2D eigenvalue weighted by Gasteiger charge is -2.50. The normalized spacial score (nSPS) is 29.7. The molecule has 0 bridgehead atoms. The average Bonchev–Trinajstić information content (AvgIpc) is 0.820. The highest BCUT2D eigenvalue weighted by atomic mass is 16.8. The lowest BCUT2D eigenvalue weighted by atomic mass is 9.95. The summed E-state index contributed by atoms with van der Waals surface area (Å²) < 4.78 is 119. The van der Waals surface area contributed by atoms with Gasteiger partial charge < -0.3 is 135 Å². The molecule has 27 atom stereocenters. The van der Waals surface area contributed by atoms with Gasteiger partial charge in [-0.15, -0.1) is 0 Å². The van der Waals surface area contributed by atoms with Gasteiger partial charge in [-0.2, -0.15) is 0 Å². The van der Waals surface area contributed by atoms with E-state index in [9.17, 15) is 93.0 Å². The highest BCUT2D eigenvalue weighted by Crippen LogP contribution is 2.40. The molecular formula is C85H137NO40. The SMILES string of the molecule is CCCC[C@H](O[C@H]1O[C@@H](COC(C)=O)[C@H](O[C@@H]2OC[C@@H](O)[C@H](O[C@@H]3O[C@H](CO)[C@H](O)[C@H](O[C@@H]4O[C@H](COC(C)=O)[C@@H](OC(C)=O)[C@H](OC(C)=O)[C@H]4OC(C)=O)[C@H]3O)[C@H]2O[C@H]2O[C@@H](COC(C)=O)[C@H](OC(C)=O)[C@@H](OC(C)=O)[C@@H]2OC(C)=O)[C@@H](O)[C@@H]1O)[C@H](CCCCCCCCCCC(=O)CCCCCCCCCCCCCCC(=O)N(C)C(C)C(=O)O)OC(C)=O. The number of aliphatic hydroxyl groups excluding tert-OH is 6.